The summed E-state index contributed by atoms with van der Waals surface area (Å²) in [6.45, 7) is 6.40. The van der Waals surface area contributed by atoms with Crippen LogP contribution in [0.15, 0.2) is 0 Å². The smallest absolute Gasteiger partial charge is 0.410 e. The summed E-state index contributed by atoms with van der Waals surface area (Å²) in [7, 11) is 1.57. The Morgan fingerprint density at radius 2 is 2.10 bits per heavy atom. The highest BCUT2D eigenvalue weighted by atomic mass is 16.6. The van der Waals surface area contributed by atoms with E-state index in [-0.39, 0.29) is 12.0 Å². The molecular weight excluding hydrogens is 260 g/mol. The maximum absolute atomic E-state index is 12.0. The van der Waals surface area contributed by atoms with Gasteiger partial charge in [0.25, 0.3) is 5.91 Å². The number of hydrogen-bond donors (Lipinski definition) is 2. The summed E-state index contributed by atoms with van der Waals surface area (Å²) < 4.78 is 5.34. The second-order valence-electron chi connectivity index (χ2n) is 5.76. The van der Waals surface area contributed by atoms with Crippen LogP contribution in [0.4, 0.5) is 4.79 Å². The number of carbonyl (C=O) groups is 2. The first-order valence-electron chi connectivity index (χ1n) is 6.58. The molecule has 1 aromatic heterocycles. The molecule has 0 radical (unpaired) electrons. The van der Waals surface area contributed by atoms with Crippen LogP contribution in [0.5, 0.6) is 0 Å². The molecule has 0 bridgehead atoms. The summed E-state index contributed by atoms with van der Waals surface area (Å²) in [5.74, 6) is -0.215. The number of nitrogens with zero attached hydrogens (tertiary/aromatic N) is 2. The fraction of sp³-hybridized carbons (Fsp3) is 0.615. The molecule has 2 amide bonds. The van der Waals surface area contributed by atoms with E-state index in [0.717, 1.165) is 11.3 Å². The lowest BCUT2D eigenvalue weighted by Gasteiger charge is -2.29. The SMILES string of the molecule is CNC(=O)c1n[nH]c2c1CCN(C(=O)OC(C)(C)C)C2. The third-order valence-corrected chi connectivity index (χ3v) is 3.03. The molecule has 0 saturated heterocycles. The van der Waals surface area contributed by atoms with Crippen LogP contribution in [0.2, 0.25) is 0 Å². The largest absolute Gasteiger partial charge is 0.444 e. The minimum absolute atomic E-state index is 0.215. The molecular formula is C13H20N4O3. The van der Waals surface area contributed by atoms with Gasteiger partial charge in [-0.1, -0.05) is 0 Å². The van der Waals surface area contributed by atoms with Crippen LogP contribution in [0.1, 0.15) is 42.5 Å². The number of aromatic amines is 1. The Morgan fingerprint density at radius 3 is 2.70 bits per heavy atom. The first-order chi connectivity index (χ1) is 9.31. The number of fused-ring (bicyclic) bond motifs is 1. The summed E-state index contributed by atoms with van der Waals surface area (Å²) in [6.07, 6.45) is 0.243. The van der Waals surface area contributed by atoms with Gasteiger partial charge in [-0.25, -0.2) is 4.79 Å². The number of amides is 2. The third-order valence-electron chi connectivity index (χ3n) is 3.03. The van der Waals surface area contributed by atoms with Gasteiger partial charge in [-0.05, 0) is 27.2 Å². The first-order valence-corrected chi connectivity index (χ1v) is 6.58. The van der Waals surface area contributed by atoms with E-state index in [1.54, 1.807) is 11.9 Å². The van der Waals surface area contributed by atoms with E-state index < -0.39 is 5.60 Å². The van der Waals surface area contributed by atoms with Crippen molar-refractivity contribution in [2.75, 3.05) is 13.6 Å². The molecule has 0 aromatic carbocycles. The summed E-state index contributed by atoms with van der Waals surface area (Å²) in [6, 6.07) is 0. The Bertz CT molecular complexity index is 530. The molecule has 0 unspecified atom stereocenters. The van der Waals surface area contributed by atoms with E-state index in [9.17, 15) is 9.59 Å². The molecule has 110 valence electrons. The standard InChI is InChI=1S/C13H20N4O3/c1-13(2,3)20-12(19)17-6-5-8-9(7-17)15-16-10(8)11(18)14-4/h5-7H2,1-4H3,(H,14,18)(H,15,16). The number of nitrogens with one attached hydrogen (secondary N) is 2. The molecule has 20 heavy (non-hydrogen) atoms. The van der Waals surface area contributed by atoms with Crippen LogP contribution < -0.4 is 5.32 Å². The highest BCUT2D eigenvalue weighted by Gasteiger charge is 2.29. The van der Waals surface area contributed by atoms with Gasteiger partial charge < -0.3 is 15.0 Å². The molecule has 1 aliphatic rings. The lowest BCUT2D eigenvalue weighted by Crippen LogP contribution is -2.40. The topological polar surface area (TPSA) is 87.3 Å². The zero-order valence-corrected chi connectivity index (χ0v) is 12.2. The van der Waals surface area contributed by atoms with Gasteiger partial charge in [0.05, 0.1) is 12.2 Å². The number of aromatic nitrogens is 2. The van der Waals surface area contributed by atoms with Crippen molar-refractivity contribution >= 4 is 12.0 Å². The van der Waals surface area contributed by atoms with E-state index in [0.29, 0.717) is 25.2 Å². The third kappa shape index (κ3) is 2.92. The molecule has 0 atom stereocenters. The van der Waals surface area contributed by atoms with Gasteiger partial charge in [0.15, 0.2) is 5.69 Å². The summed E-state index contributed by atoms with van der Waals surface area (Å²) >= 11 is 0. The first kappa shape index (κ1) is 14.4. The number of ether oxygens (including phenoxy) is 1. The van der Waals surface area contributed by atoms with Crippen LogP contribution in [0.25, 0.3) is 0 Å². The molecule has 7 nitrogen and oxygen atoms in total. The van der Waals surface area contributed by atoms with Crippen molar-refractivity contribution in [3.63, 3.8) is 0 Å². The molecule has 2 rings (SSSR count). The predicted molar refractivity (Wildman–Crippen MR) is 72.3 cm³/mol. The molecule has 0 fully saturated rings. The molecule has 2 heterocycles. The van der Waals surface area contributed by atoms with Crippen molar-refractivity contribution in [2.45, 2.75) is 39.3 Å². The quantitative estimate of drug-likeness (QED) is 0.805. The Hall–Kier alpha value is -2.05. The zero-order chi connectivity index (χ0) is 14.9. The van der Waals surface area contributed by atoms with Crippen molar-refractivity contribution in [1.82, 2.24) is 20.4 Å². The molecule has 2 N–H and O–H groups in total. The van der Waals surface area contributed by atoms with Crippen LogP contribution in [0.3, 0.4) is 0 Å². The summed E-state index contributed by atoms with van der Waals surface area (Å²) in [5, 5.41) is 9.41. The van der Waals surface area contributed by atoms with Crippen molar-refractivity contribution in [1.29, 1.82) is 0 Å². The van der Waals surface area contributed by atoms with E-state index in [2.05, 4.69) is 15.5 Å². The number of hydrogen-bond acceptors (Lipinski definition) is 4. The van der Waals surface area contributed by atoms with Crippen LogP contribution >= 0.6 is 0 Å². The van der Waals surface area contributed by atoms with Crippen molar-refractivity contribution in [3.8, 4) is 0 Å². The number of H-pyrrole nitrogens is 1. The fourth-order valence-corrected chi connectivity index (χ4v) is 2.11. The predicted octanol–water partition coefficient (Wildman–Crippen LogP) is 1.06. The van der Waals surface area contributed by atoms with Crippen molar-refractivity contribution in [2.24, 2.45) is 0 Å². The summed E-state index contributed by atoms with van der Waals surface area (Å²) in [5.41, 5.74) is 1.56. The van der Waals surface area contributed by atoms with E-state index in [1.807, 2.05) is 20.8 Å². The number of carbonyl (C=O) groups excluding carboxylic acids is 2. The van der Waals surface area contributed by atoms with Gasteiger partial charge >= 0.3 is 6.09 Å². The Morgan fingerprint density at radius 1 is 1.40 bits per heavy atom. The van der Waals surface area contributed by atoms with E-state index in [1.165, 1.54) is 0 Å². The van der Waals surface area contributed by atoms with Gasteiger partial charge in [0.2, 0.25) is 0 Å². The second kappa shape index (κ2) is 5.15. The van der Waals surface area contributed by atoms with Crippen LogP contribution in [0, 0.1) is 0 Å². The Balaban J connectivity index is 2.11. The summed E-state index contributed by atoms with van der Waals surface area (Å²) in [4.78, 5) is 25.3. The average molecular weight is 280 g/mol. The van der Waals surface area contributed by atoms with E-state index in [4.69, 9.17) is 4.74 Å². The Labute approximate surface area is 117 Å². The van der Waals surface area contributed by atoms with Gasteiger partial charge in [-0.2, -0.15) is 5.10 Å². The highest BCUT2D eigenvalue weighted by molar-refractivity contribution is 5.93. The highest BCUT2D eigenvalue weighted by Crippen LogP contribution is 2.21. The van der Waals surface area contributed by atoms with Gasteiger partial charge in [0, 0.05) is 19.2 Å². The van der Waals surface area contributed by atoms with Gasteiger partial charge in [-0.15, -0.1) is 0 Å². The fourth-order valence-electron chi connectivity index (χ4n) is 2.11. The minimum Gasteiger partial charge on any atom is -0.444 e. The number of rotatable bonds is 1. The minimum atomic E-state index is -0.515. The van der Waals surface area contributed by atoms with Gasteiger partial charge in [0.1, 0.15) is 5.60 Å². The van der Waals surface area contributed by atoms with Crippen LogP contribution in [-0.4, -0.2) is 46.3 Å². The molecule has 1 aromatic rings. The van der Waals surface area contributed by atoms with Crippen LogP contribution in [-0.2, 0) is 17.7 Å². The lowest BCUT2D eigenvalue weighted by molar-refractivity contribution is 0.0221. The lowest BCUT2D eigenvalue weighted by atomic mass is 10.0. The molecule has 1 aliphatic heterocycles. The molecule has 7 heteroatoms. The normalized spacial score (nSPS) is 14.7. The monoisotopic (exact) mass is 280 g/mol. The van der Waals surface area contributed by atoms with Crippen molar-refractivity contribution < 1.29 is 14.3 Å². The maximum atomic E-state index is 12.0. The average Bonchev–Trinajstić information content (AvgIpc) is 2.78. The molecule has 0 saturated carbocycles. The molecule has 0 spiro atoms. The molecule has 0 aliphatic carbocycles. The maximum Gasteiger partial charge on any atom is 0.410 e. The Kier molecular flexibility index (Phi) is 3.69. The zero-order valence-electron chi connectivity index (χ0n) is 12.2. The van der Waals surface area contributed by atoms with Gasteiger partial charge in [-0.3, -0.25) is 9.89 Å². The second-order valence-corrected chi connectivity index (χ2v) is 5.76. The van der Waals surface area contributed by atoms with E-state index >= 15 is 0 Å². The van der Waals surface area contributed by atoms with Crippen molar-refractivity contribution in [3.05, 3.63) is 17.0 Å².